The van der Waals surface area contributed by atoms with Gasteiger partial charge in [-0.1, -0.05) is 6.07 Å². The molecule has 7 nitrogen and oxygen atoms in total. The number of nitrogens with zero attached hydrogens (tertiary/aromatic N) is 2. The molecule has 0 spiro atoms. The number of ether oxygens (including phenoxy) is 1. The predicted molar refractivity (Wildman–Crippen MR) is 71.4 cm³/mol. The molecule has 1 atom stereocenters. The third-order valence-electron chi connectivity index (χ3n) is 2.79. The van der Waals surface area contributed by atoms with E-state index in [1.54, 1.807) is 14.1 Å². The van der Waals surface area contributed by atoms with Crippen molar-refractivity contribution in [3.8, 4) is 0 Å². The fourth-order valence-electron chi connectivity index (χ4n) is 1.68. The van der Waals surface area contributed by atoms with Gasteiger partial charge in [0.2, 0.25) is 0 Å². The highest BCUT2D eigenvalue weighted by Crippen LogP contribution is 2.22. The van der Waals surface area contributed by atoms with Crippen molar-refractivity contribution in [1.29, 1.82) is 0 Å². The molecule has 7 heteroatoms. The summed E-state index contributed by atoms with van der Waals surface area (Å²) in [6.07, 6.45) is -0.948. The van der Waals surface area contributed by atoms with Gasteiger partial charge in [-0.3, -0.25) is 14.9 Å². The summed E-state index contributed by atoms with van der Waals surface area (Å²) in [5.74, 6) is -1.12. The Morgan fingerprint density at radius 2 is 1.95 bits per heavy atom. The number of carbonyl (C=O) groups is 2. The topological polar surface area (TPSA) is 89.8 Å². The largest absolute Gasteiger partial charge is 0.449 e. The molecule has 1 aromatic rings. The normalized spacial score (nSPS) is 11.6. The molecule has 0 aliphatic carbocycles. The molecular weight excluding hydrogens is 264 g/mol. The highest BCUT2D eigenvalue weighted by molar-refractivity contribution is 5.94. The molecule has 0 radical (unpaired) electrons. The first-order valence-corrected chi connectivity index (χ1v) is 5.91. The van der Waals surface area contributed by atoms with Crippen LogP contribution >= 0.6 is 0 Å². The molecule has 0 aliphatic heterocycles. The molecule has 1 aromatic carbocycles. The number of hydrogen-bond donors (Lipinski definition) is 0. The van der Waals surface area contributed by atoms with E-state index in [2.05, 4.69) is 0 Å². The van der Waals surface area contributed by atoms with Crippen molar-refractivity contribution in [2.45, 2.75) is 20.0 Å². The Kier molecular flexibility index (Phi) is 4.79. The van der Waals surface area contributed by atoms with E-state index < -0.39 is 17.0 Å². The third-order valence-corrected chi connectivity index (χ3v) is 2.79. The van der Waals surface area contributed by atoms with E-state index in [0.717, 1.165) is 0 Å². The monoisotopic (exact) mass is 280 g/mol. The zero-order valence-corrected chi connectivity index (χ0v) is 11.7. The van der Waals surface area contributed by atoms with Crippen molar-refractivity contribution >= 4 is 17.6 Å². The van der Waals surface area contributed by atoms with Gasteiger partial charge in [-0.25, -0.2) is 4.79 Å². The first-order valence-electron chi connectivity index (χ1n) is 5.91. The van der Waals surface area contributed by atoms with Crippen LogP contribution in [0.1, 0.15) is 22.8 Å². The lowest BCUT2D eigenvalue weighted by Crippen LogP contribution is -2.35. The molecule has 0 aliphatic rings. The van der Waals surface area contributed by atoms with E-state index in [-0.39, 0.29) is 22.7 Å². The Morgan fingerprint density at radius 1 is 1.35 bits per heavy atom. The lowest BCUT2D eigenvalue weighted by Gasteiger charge is -2.17. The molecule has 1 rings (SSSR count). The van der Waals surface area contributed by atoms with Gasteiger partial charge in [-0.05, 0) is 19.9 Å². The molecule has 0 fully saturated rings. The number of carbonyl (C=O) groups excluding carboxylic acids is 2. The molecule has 1 amide bonds. The minimum Gasteiger partial charge on any atom is -0.449 e. The van der Waals surface area contributed by atoms with E-state index in [1.165, 1.54) is 36.9 Å². The lowest BCUT2D eigenvalue weighted by atomic mass is 10.1. The van der Waals surface area contributed by atoms with Crippen molar-refractivity contribution in [2.75, 3.05) is 14.1 Å². The summed E-state index contributed by atoms with van der Waals surface area (Å²) in [5, 5.41) is 10.8. The summed E-state index contributed by atoms with van der Waals surface area (Å²) in [6, 6.07) is 4.14. The first-order chi connectivity index (χ1) is 9.25. The molecule has 0 heterocycles. The highest BCUT2D eigenvalue weighted by Gasteiger charge is 2.23. The second kappa shape index (κ2) is 6.14. The number of esters is 1. The van der Waals surface area contributed by atoms with Gasteiger partial charge in [0.05, 0.1) is 10.5 Å². The van der Waals surface area contributed by atoms with E-state index in [0.29, 0.717) is 0 Å². The van der Waals surface area contributed by atoms with Crippen LogP contribution in [-0.4, -0.2) is 41.9 Å². The molecule has 0 aromatic heterocycles. The van der Waals surface area contributed by atoms with Crippen LogP contribution in [0.5, 0.6) is 0 Å². The van der Waals surface area contributed by atoms with Gasteiger partial charge in [0.25, 0.3) is 11.6 Å². The average molecular weight is 280 g/mol. The number of nitro groups is 1. The first kappa shape index (κ1) is 15.6. The summed E-state index contributed by atoms with van der Waals surface area (Å²) in [6.45, 7) is 2.92. The summed E-state index contributed by atoms with van der Waals surface area (Å²) < 4.78 is 5.02. The second-order valence-corrected chi connectivity index (χ2v) is 4.49. The quantitative estimate of drug-likeness (QED) is 0.474. The van der Waals surface area contributed by atoms with E-state index >= 15 is 0 Å². The summed E-state index contributed by atoms with van der Waals surface area (Å²) >= 11 is 0. The van der Waals surface area contributed by atoms with Gasteiger partial charge in [0.15, 0.2) is 6.10 Å². The third kappa shape index (κ3) is 3.31. The summed E-state index contributed by atoms with van der Waals surface area (Å²) in [7, 11) is 3.09. The molecule has 20 heavy (non-hydrogen) atoms. The van der Waals surface area contributed by atoms with Crippen LogP contribution < -0.4 is 0 Å². The maximum atomic E-state index is 12.0. The Labute approximate surface area is 116 Å². The standard InChI is InChI=1S/C13H16N2O5/c1-8-10(6-5-7-11(8)15(18)19)13(17)20-9(2)12(16)14(3)4/h5-7,9H,1-4H3/t9-/m1/s1. The second-order valence-electron chi connectivity index (χ2n) is 4.49. The molecular formula is C13H16N2O5. The van der Waals surface area contributed by atoms with Crippen molar-refractivity contribution in [2.24, 2.45) is 0 Å². The van der Waals surface area contributed by atoms with Crippen molar-refractivity contribution in [3.63, 3.8) is 0 Å². The van der Waals surface area contributed by atoms with Crippen molar-refractivity contribution in [1.82, 2.24) is 4.90 Å². The molecule has 108 valence electrons. The number of benzene rings is 1. The van der Waals surface area contributed by atoms with Gasteiger partial charge in [-0.15, -0.1) is 0 Å². The van der Waals surface area contributed by atoms with E-state index in [1.807, 2.05) is 0 Å². The van der Waals surface area contributed by atoms with Crippen molar-refractivity contribution < 1.29 is 19.2 Å². The Morgan fingerprint density at radius 3 is 2.45 bits per heavy atom. The number of hydrogen-bond acceptors (Lipinski definition) is 5. The molecule has 0 saturated heterocycles. The zero-order valence-electron chi connectivity index (χ0n) is 11.7. The summed E-state index contributed by atoms with van der Waals surface area (Å²) in [4.78, 5) is 35.1. The van der Waals surface area contributed by atoms with Gasteiger partial charge >= 0.3 is 5.97 Å². The predicted octanol–water partition coefficient (Wildman–Crippen LogP) is 1.54. The minimum absolute atomic E-state index is 0.0811. The number of amides is 1. The number of rotatable bonds is 4. The van der Waals surface area contributed by atoms with Crippen LogP contribution in [0.25, 0.3) is 0 Å². The van der Waals surface area contributed by atoms with Crippen LogP contribution in [0, 0.1) is 17.0 Å². The van der Waals surface area contributed by atoms with Crippen LogP contribution in [0.15, 0.2) is 18.2 Å². The Hall–Kier alpha value is -2.44. The fraction of sp³-hybridized carbons (Fsp3) is 0.385. The summed E-state index contributed by atoms with van der Waals surface area (Å²) in [5.41, 5.74) is 0.135. The van der Waals surface area contributed by atoms with Gasteiger partial charge in [-0.2, -0.15) is 0 Å². The Bertz CT molecular complexity index is 554. The molecule has 0 saturated carbocycles. The maximum absolute atomic E-state index is 12.0. The SMILES string of the molecule is Cc1c(C(=O)O[C@H](C)C(=O)N(C)C)cccc1[N+](=O)[O-]. The van der Waals surface area contributed by atoms with E-state index in [9.17, 15) is 19.7 Å². The van der Waals surface area contributed by atoms with Crippen LogP contribution in [-0.2, 0) is 9.53 Å². The van der Waals surface area contributed by atoms with Gasteiger partial charge < -0.3 is 9.64 Å². The van der Waals surface area contributed by atoms with Crippen LogP contribution in [0.2, 0.25) is 0 Å². The molecule has 0 N–H and O–H groups in total. The van der Waals surface area contributed by atoms with Gasteiger partial charge in [0, 0.05) is 25.7 Å². The zero-order chi connectivity index (χ0) is 15.4. The van der Waals surface area contributed by atoms with E-state index in [4.69, 9.17) is 4.74 Å². The highest BCUT2D eigenvalue weighted by atomic mass is 16.6. The maximum Gasteiger partial charge on any atom is 0.339 e. The van der Waals surface area contributed by atoms with Crippen LogP contribution in [0.4, 0.5) is 5.69 Å². The number of nitro benzene ring substituents is 1. The van der Waals surface area contributed by atoms with Crippen LogP contribution in [0.3, 0.4) is 0 Å². The lowest BCUT2D eigenvalue weighted by molar-refractivity contribution is -0.385. The average Bonchev–Trinajstić information content (AvgIpc) is 2.37. The minimum atomic E-state index is -0.948. The Balaban J connectivity index is 2.97. The fourth-order valence-corrected chi connectivity index (χ4v) is 1.68. The molecule has 0 unspecified atom stereocenters. The smallest absolute Gasteiger partial charge is 0.339 e. The van der Waals surface area contributed by atoms with Crippen molar-refractivity contribution in [3.05, 3.63) is 39.4 Å². The van der Waals surface area contributed by atoms with Gasteiger partial charge in [0.1, 0.15) is 0 Å². The number of likely N-dealkylation sites (N-methyl/N-ethyl adjacent to an activating group) is 1. The molecule has 0 bridgehead atoms.